The van der Waals surface area contributed by atoms with Gasteiger partial charge in [-0.05, 0) is 52.3 Å². The first-order valence-corrected chi connectivity index (χ1v) is 11.9. The lowest BCUT2D eigenvalue weighted by molar-refractivity contribution is -0.117. The molecular formula is C24H24BrN5O4. The molecule has 2 amide bonds. The molecule has 1 saturated heterocycles. The van der Waals surface area contributed by atoms with Crippen LogP contribution in [0.2, 0.25) is 0 Å². The number of likely N-dealkylation sites (N-methyl/N-ethyl adjacent to an activating group) is 1. The Morgan fingerprint density at radius 2 is 1.97 bits per heavy atom. The predicted molar refractivity (Wildman–Crippen MR) is 130 cm³/mol. The zero-order valence-electron chi connectivity index (χ0n) is 18.7. The fraction of sp³-hybridized carbons (Fsp3) is 0.333. The Bertz CT molecular complexity index is 1310. The molecule has 0 radical (unpaired) electrons. The Kier molecular flexibility index (Phi) is 6.09. The third-order valence-electron chi connectivity index (χ3n) is 6.21. The predicted octanol–water partition coefficient (Wildman–Crippen LogP) is 3.81. The van der Waals surface area contributed by atoms with E-state index >= 15 is 0 Å². The number of hydrogen-bond acceptors (Lipinski definition) is 6. The molecule has 1 aromatic heterocycles. The van der Waals surface area contributed by atoms with E-state index in [4.69, 9.17) is 4.74 Å². The van der Waals surface area contributed by atoms with Crippen molar-refractivity contribution in [1.82, 2.24) is 14.8 Å². The number of ether oxygens (including phenoxy) is 1. The molecule has 2 aliphatic rings. The van der Waals surface area contributed by atoms with Gasteiger partial charge in [0.15, 0.2) is 5.69 Å². The lowest BCUT2D eigenvalue weighted by atomic mass is 10.1. The van der Waals surface area contributed by atoms with E-state index in [9.17, 15) is 14.7 Å². The molecule has 9 nitrogen and oxygen atoms in total. The quantitative estimate of drug-likeness (QED) is 0.503. The van der Waals surface area contributed by atoms with Crippen LogP contribution in [0.5, 0.6) is 11.6 Å². The van der Waals surface area contributed by atoms with Gasteiger partial charge in [-0.2, -0.15) is 0 Å². The molecule has 5 rings (SSSR count). The highest BCUT2D eigenvalue weighted by atomic mass is 79.9. The minimum Gasteiger partial charge on any atom is -0.493 e. The fourth-order valence-electron chi connectivity index (χ4n) is 4.33. The van der Waals surface area contributed by atoms with E-state index in [1.54, 1.807) is 12.1 Å². The molecule has 2 aromatic carbocycles. The van der Waals surface area contributed by atoms with E-state index in [1.807, 2.05) is 30.1 Å². The van der Waals surface area contributed by atoms with Crippen molar-refractivity contribution in [3.63, 3.8) is 0 Å². The first-order chi connectivity index (χ1) is 16.4. The van der Waals surface area contributed by atoms with Gasteiger partial charge in [0.25, 0.3) is 11.8 Å². The zero-order chi connectivity index (χ0) is 23.8. The largest absolute Gasteiger partial charge is 0.493 e. The molecule has 0 saturated carbocycles. The summed E-state index contributed by atoms with van der Waals surface area (Å²) in [6.45, 7) is 3.65. The number of aromatic hydroxyl groups is 1. The summed E-state index contributed by atoms with van der Waals surface area (Å²) in [5.74, 6) is 0.150. The second-order valence-electron chi connectivity index (χ2n) is 8.61. The van der Waals surface area contributed by atoms with Gasteiger partial charge in [0, 0.05) is 48.0 Å². The monoisotopic (exact) mass is 525 g/mol. The number of carbonyl (C=O) groups is 2. The van der Waals surface area contributed by atoms with Gasteiger partial charge in [0.05, 0.1) is 18.5 Å². The van der Waals surface area contributed by atoms with Gasteiger partial charge >= 0.3 is 0 Å². The number of halogens is 1. The summed E-state index contributed by atoms with van der Waals surface area (Å²) >= 11 is 3.49. The van der Waals surface area contributed by atoms with Gasteiger partial charge in [0.2, 0.25) is 5.88 Å². The molecule has 10 heteroatoms. The highest BCUT2D eigenvalue weighted by Gasteiger charge is 2.23. The normalized spacial score (nSPS) is 16.2. The van der Waals surface area contributed by atoms with Gasteiger partial charge in [-0.3, -0.25) is 9.59 Å². The van der Waals surface area contributed by atoms with Crippen molar-refractivity contribution < 1.29 is 19.4 Å². The van der Waals surface area contributed by atoms with Gasteiger partial charge in [-0.25, -0.2) is 0 Å². The standard InChI is InChI=1S/C24H24BrN5O4/c1-29-5-7-30(8-6-29)24(33)16-12-17(25)21-18(13-16)26-23(32)22(21)28-27-20(31)11-14-2-3-19-15(10-14)4-9-34-19/h2-3,10,12-13,26,32H,4-9,11H2,1H3. The van der Waals surface area contributed by atoms with Crippen molar-refractivity contribution in [3.05, 3.63) is 51.5 Å². The van der Waals surface area contributed by atoms with Crippen LogP contribution in [0, 0.1) is 0 Å². The number of aromatic nitrogens is 1. The number of nitrogens with zero attached hydrogens (tertiary/aromatic N) is 4. The third-order valence-corrected chi connectivity index (χ3v) is 6.84. The summed E-state index contributed by atoms with van der Waals surface area (Å²) in [4.78, 5) is 32.2. The molecule has 34 heavy (non-hydrogen) atoms. The number of rotatable bonds is 4. The molecule has 1 fully saturated rings. The van der Waals surface area contributed by atoms with Crippen molar-refractivity contribution in [1.29, 1.82) is 0 Å². The lowest BCUT2D eigenvalue weighted by Crippen LogP contribution is -2.47. The Labute approximate surface area is 204 Å². The maximum atomic E-state index is 13.0. The van der Waals surface area contributed by atoms with Crippen LogP contribution in [0.4, 0.5) is 5.69 Å². The van der Waals surface area contributed by atoms with Crippen molar-refractivity contribution in [2.24, 2.45) is 10.2 Å². The highest BCUT2D eigenvalue weighted by Crippen LogP contribution is 2.40. The molecule has 0 aliphatic carbocycles. The first kappa shape index (κ1) is 22.5. The number of piperazine rings is 1. The Morgan fingerprint density at radius 1 is 1.18 bits per heavy atom. The number of amides is 2. The minimum atomic E-state index is -0.425. The van der Waals surface area contributed by atoms with Crippen LogP contribution in [0.15, 0.2) is 45.0 Å². The van der Waals surface area contributed by atoms with E-state index in [-0.39, 0.29) is 23.9 Å². The van der Waals surface area contributed by atoms with Crippen molar-refractivity contribution >= 4 is 44.3 Å². The summed E-state index contributed by atoms with van der Waals surface area (Å²) < 4.78 is 6.08. The van der Waals surface area contributed by atoms with Crippen LogP contribution in [0.3, 0.4) is 0 Å². The first-order valence-electron chi connectivity index (χ1n) is 11.1. The number of benzene rings is 2. The molecular weight excluding hydrogens is 502 g/mol. The van der Waals surface area contributed by atoms with Crippen LogP contribution in [-0.4, -0.2) is 71.5 Å². The number of fused-ring (bicyclic) bond motifs is 2. The van der Waals surface area contributed by atoms with Crippen LogP contribution < -0.4 is 4.74 Å². The van der Waals surface area contributed by atoms with E-state index in [0.29, 0.717) is 40.6 Å². The topological polar surface area (TPSA) is 111 Å². The summed E-state index contributed by atoms with van der Waals surface area (Å²) in [5, 5.41) is 18.8. The van der Waals surface area contributed by atoms with Gasteiger partial charge in [0.1, 0.15) is 5.75 Å². The molecule has 3 heterocycles. The minimum absolute atomic E-state index is 0.0668. The Hall–Kier alpha value is -3.24. The molecule has 0 bridgehead atoms. The van der Waals surface area contributed by atoms with Gasteiger partial charge in [-0.15, -0.1) is 10.2 Å². The van der Waals surface area contributed by atoms with E-state index in [0.717, 1.165) is 36.4 Å². The van der Waals surface area contributed by atoms with Gasteiger partial charge < -0.3 is 24.6 Å². The van der Waals surface area contributed by atoms with Crippen LogP contribution in [0.1, 0.15) is 21.5 Å². The van der Waals surface area contributed by atoms with Crippen molar-refractivity contribution in [2.45, 2.75) is 12.8 Å². The summed E-state index contributed by atoms with van der Waals surface area (Å²) in [5.41, 5.74) is 3.11. The number of hydrogen-bond donors (Lipinski definition) is 2. The molecule has 2 N–H and O–H groups in total. The van der Waals surface area contributed by atoms with Crippen LogP contribution >= 0.6 is 15.9 Å². The van der Waals surface area contributed by atoms with Gasteiger partial charge in [-0.1, -0.05) is 12.1 Å². The van der Waals surface area contributed by atoms with Crippen molar-refractivity contribution in [3.8, 4) is 11.6 Å². The molecule has 3 aromatic rings. The smallest absolute Gasteiger partial charge is 0.269 e. The second kappa shape index (κ2) is 9.19. The van der Waals surface area contributed by atoms with Crippen LogP contribution in [-0.2, 0) is 17.6 Å². The molecule has 2 aliphatic heterocycles. The zero-order valence-corrected chi connectivity index (χ0v) is 20.3. The third kappa shape index (κ3) is 4.43. The highest BCUT2D eigenvalue weighted by molar-refractivity contribution is 9.10. The Morgan fingerprint density at radius 3 is 2.76 bits per heavy atom. The molecule has 0 spiro atoms. The van der Waals surface area contributed by atoms with E-state index in [1.165, 1.54) is 0 Å². The SMILES string of the molecule is CN1CCN(C(=O)c2cc(Br)c3c(N=NC(=O)Cc4ccc5c(c4)CCO5)c(O)[nH]c3c2)CC1. The van der Waals surface area contributed by atoms with Crippen LogP contribution in [0.25, 0.3) is 10.9 Å². The van der Waals surface area contributed by atoms with Crippen molar-refractivity contribution in [2.75, 3.05) is 39.8 Å². The number of aromatic amines is 1. The number of H-pyrrole nitrogens is 1. The Balaban J connectivity index is 1.35. The maximum Gasteiger partial charge on any atom is 0.269 e. The number of nitrogens with one attached hydrogen (secondary N) is 1. The summed E-state index contributed by atoms with van der Waals surface area (Å²) in [7, 11) is 2.04. The van der Waals surface area contributed by atoms with E-state index in [2.05, 4.69) is 36.0 Å². The summed E-state index contributed by atoms with van der Waals surface area (Å²) in [6.07, 6.45) is 0.931. The average molecular weight is 526 g/mol. The number of azo groups is 1. The fourth-order valence-corrected chi connectivity index (χ4v) is 4.98. The summed E-state index contributed by atoms with van der Waals surface area (Å²) in [6, 6.07) is 9.06. The lowest BCUT2D eigenvalue weighted by Gasteiger charge is -2.32. The maximum absolute atomic E-state index is 13.0. The second-order valence-corrected chi connectivity index (χ2v) is 9.46. The molecule has 0 unspecified atom stereocenters. The molecule has 0 atom stereocenters. The molecule has 176 valence electrons. The number of carbonyl (C=O) groups excluding carboxylic acids is 2. The van der Waals surface area contributed by atoms with E-state index < -0.39 is 5.91 Å². The average Bonchev–Trinajstić information content (AvgIpc) is 3.41.